The highest BCUT2D eigenvalue weighted by atomic mass is 32.1. The number of nitrogens with one attached hydrogen (secondary N) is 5. The summed E-state index contributed by atoms with van der Waals surface area (Å²) < 4.78 is 16.9. The molecule has 4 saturated carbocycles. The van der Waals surface area contributed by atoms with Gasteiger partial charge in [-0.1, -0.05) is 63.3 Å². The number of carboxylic acids is 1. The number of primary amides is 1. The van der Waals surface area contributed by atoms with Crippen LogP contribution in [0.4, 0.5) is 33.1 Å². The molecule has 1 saturated heterocycles. The van der Waals surface area contributed by atoms with Crippen LogP contribution in [-0.2, 0) is 53.0 Å². The molecule has 4 bridgehead atoms. The normalized spacial score (nSPS) is 22.8. The smallest absolute Gasteiger partial charge is 0.355 e. The Labute approximate surface area is 599 Å². The SMILES string of the molecule is Cc1c(Nc2nc3ccccc3s2)nnc2c1CCCN2c1ccc(-c2cnn(CC34CCC5(OCCN6CC[N+](Cc7ccc(NC(=O)[C@H](CCCNC(N)=O)NC(=O)[C@@H](NC(=O)CCOCCN8C(=O)C=CC8=O)C(C)C)cc7)(C(C)C)CC6)C[C@](C)(C3)C[C@](C)(C4)C5)c2C)c(C(=O)O)n1. The number of quaternary nitrogens is 1. The number of carboxylic acid groups (broad SMARTS) is 1. The number of aromatic nitrogens is 6. The number of fused-ring (bicyclic) bond motifs is 3. The summed E-state index contributed by atoms with van der Waals surface area (Å²) in [5.41, 5.74) is 12.1. The number of piperazine rings is 1. The number of amides is 7. The molecule has 4 aliphatic carbocycles. The Balaban J connectivity index is 0.631. The first-order valence-corrected chi connectivity index (χ1v) is 36.9. The van der Waals surface area contributed by atoms with Crippen molar-refractivity contribution in [2.75, 3.05) is 87.7 Å². The van der Waals surface area contributed by atoms with Gasteiger partial charge in [-0.3, -0.25) is 38.5 Å². The molecule has 4 aromatic heterocycles. The molecule has 2 aromatic carbocycles. The minimum Gasteiger partial charge on any atom is -0.476 e. The lowest BCUT2D eigenvalue weighted by Crippen LogP contribution is -2.62. The number of para-hydroxylation sites is 1. The van der Waals surface area contributed by atoms with Crippen LogP contribution in [0.15, 0.2) is 79.0 Å². The molecule has 7 heterocycles. The van der Waals surface area contributed by atoms with Gasteiger partial charge in [0.25, 0.3) is 11.8 Å². The maximum atomic E-state index is 14.0. The van der Waals surface area contributed by atoms with E-state index in [0.717, 1.165) is 150 Å². The molecular formula is C75H99N16O10S+. The first-order chi connectivity index (χ1) is 48.7. The van der Waals surface area contributed by atoms with E-state index in [2.05, 4.69) is 75.9 Å². The first-order valence-electron chi connectivity index (χ1n) is 36.1. The van der Waals surface area contributed by atoms with Crippen LogP contribution in [0.3, 0.4) is 0 Å². The van der Waals surface area contributed by atoms with E-state index < -0.39 is 53.6 Å². The maximum Gasteiger partial charge on any atom is 0.355 e. The van der Waals surface area contributed by atoms with Gasteiger partial charge in [-0.15, -0.1) is 10.2 Å². The summed E-state index contributed by atoms with van der Waals surface area (Å²) >= 11 is 1.56. The average molecular weight is 1420 g/mol. The second kappa shape index (κ2) is 30.3. The van der Waals surface area contributed by atoms with Crippen molar-refractivity contribution in [3.8, 4) is 11.1 Å². The number of rotatable bonds is 30. The quantitative estimate of drug-likeness (QED) is 0.0126. The number of urea groups is 1. The summed E-state index contributed by atoms with van der Waals surface area (Å²) in [6, 6.07) is 17.3. The molecule has 7 aliphatic rings. The number of ether oxygens (including phenoxy) is 2. The van der Waals surface area contributed by atoms with E-state index >= 15 is 0 Å². The molecular weight excluding hydrogens is 1320 g/mol. The standard InChI is InChI=1S/C75H98N16O10S/c1-47(2)63(83-60(92)25-36-100-37-33-89-61(93)23-24-62(89)94)68(96)80-57(15-11-28-77-70(76)99)67(95)79-52-19-17-51(18-20-52)40-91(48(3)4)34-30-87(31-35-91)32-38-101-75-27-26-74(42-72(7,44-75)41-73(8,43-74)45-75)46-90-50(6)55(39-78-90)54-21-22-59(82-64(54)69(97)98)88-29-12-13-53-49(5)65(85-86-66(53)88)84-71-81-56-14-9-10-16-58(56)102-71/h9-10,14,16-24,39,47-48,57,63H,11-13,15,25-38,40-46H2,1-8H3,(H7-,76,77,79,80,81,83,84,85,92,95,96,97,98,99)/p+1/t57-,63-,72-,73+,74?,75?/m0/s1. The van der Waals surface area contributed by atoms with E-state index in [1.807, 2.05) is 78.7 Å². The van der Waals surface area contributed by atoms with Crippen molar-refractivity contribution in [2.45, 2.75) is 169 Å². The summed E-state index contributed by atoms with van der Waals surface area (Å²) in [4.78, 5) is 104. The number of imide groups is 1. The molecule has 7 amide bonds. The van der Waals surface area contributed by atoms with Crippen LogP contribution < -0.4 is 37.2 Å². The van der Waals surface area contributed by atoms with E-state index in [-0.39, 0.29) is 72.6 Å². The molecule has 3 aliphatic heterocycles. The van der Waals surface area contributed by atoms with Gasteiger partial charge in [0.05, 0.1) is 67.5 Å². The minimum atomic E-state index is -1.10. The van der Waals surface area contributed by atoms with Gasteiger partial charge in [-0.2, -0.15) is 5.10 Å². The Hall–Kier alpha value is -8.76. The maximum absolute atomic E-state index is 14.0. The number of nitrogens with zero attached hydrogens (tertiary/aromatic N) is 10. The van der Waals surface area contributed by atoms with Crippen LogP contribution in [0.5, 0.6) is 0 Å². The number of carbonyl (C=O) groups excluding carboxylic acids is 6. The molecule has 0 spiro atoms. The predicted molar refractivity (Wildman–Crippen MR) is 389 cm³/mol. The van der Waals surface area contributed by atoms with Crippen LogP contribution in [0.1, 0.15) is 145 Å². The Morgan fingerprint density at radius 3 is 2.24 bits per heavy atom. The van der Waals surface area contributed by atoms with E-state index in [0.29, 0.717) is 54.3 Å². The first kappa shape index (κ1) is 73.0. The second-order valence-corrected chi connectivity index (χ2v) is 31.8. The molecule has 2 unspecified atom stereocenters. The Kier molecular flexibility index (Phi) is 21.7. The Morgan fingerprint density at radius 2 is 1.54 bits per heavy atom. The third kappa shape index (κ3) is 16.3. The number of benzene rings is 2. The van der Waals surface area contributed by atoms with Crippen LogP contribution in [0.25, 0.3) is 21.3 Å². The van der Waals surface area contributed by atoms with Crippen molar-refractivity contribution in [1.82, 2.24) is 55.7 Å². The van der Waals surface area contributed by atoms with Gasteiger partial charge < -0.3 is 56.3 Å². The van der Waals surface area contributed by atoms with Crippen LogP contribution >= 0.6 is 11.3 Å². The molecule has 8 N–H and O–H groups in total. The molecule has 6 aromatic rings. The third-order valence-electron chi connectivity index (χ3n) is 22.3. The van der Waals surface area contributed by atoms with Crippen molar-refractivity contribution >= 4 is 91.4 Å². The number of hydrogen-bond acceptors (Lipinski definition) is 18. The number of anilines is 5. The summed E-state index contributed by atoms with van der Waals surface area (Å²) in [5, 5.41) is 40.4. The molecule has 26 nitrogen and oxygen atoms in total. The molecule has 0 radical (unpaired) electrons. The zero-order chi connectivity index (χ0) is 72.3. The van der Waals surface area contributed by atoms with Crippen LogP contribution in [0.2, 0.25) is 0 Å². The van der Waals surface area contributed by atoms with E-state index in [4.69, 9.17) is 35.4 Å². The predicted octanol–water partition coefficient (Wildman–Crippen LogP) is 9.10. The number of aromatic carboxylic acids is 1. The number of pyridine rings is 1. The van der Waals surface area contributed by atoms with Crippen molar-refractivity contribution in [3.63, 3.8) is 0 Å². The summed E-state index contributed by atoms with van der Waals surface area (Å²) in [6.45, 7) is 25.1. The highest BCUT2D eigenvalue weighted by Gasteiger charge is 2.62. The van der Waals surface area contributed by atoms with Crippen molar-refractivity contribution in [1.29, 1.82) is 0 Å². The molecule has 13 rings (SSSR count). The molecule has 544 valence electrons. The van der Waals surface area contributed by atoms with Gasteiger partial charge in [0.15, 0.2) is 22.5 Å². The fraction of sp³-hybridized carbons (Fsp3) is 0.547. The second-order valence-electron chi connectivity index (χ2n) is 30.8. The van der Waals surface area contributed by atoms with E-state index in [1.54, 1.807) is 25.2 Å². The van der Waals surface area contributed by atoms with Gasteiger partial charge in [0.1, 0.15) is 24.4 Å². The molecule has 27 heteroatoms. The number of carbonyl (C=O) groups is 7. The Bertz CT molecular complexity index is 4090. The average Bonchev–Trinajstić information content (AvgIpc) is 1.50. The fourth-order valence-electron chi connectivity index (χ4n) is 17.8. The molecule has 5 fully saturated rings. The van der Waals surface area contributed by atoms with Crippen molar-refractivity contribution in [2.24, 2.45) is 27.9 Å². The van der Waals surface area contributed by atoms with Gasteiger partial charge in [-0.05, 0) is 157 Å². The Morgan fingerprint density at radius 1 is 0.804 bits per heavy atom. The monoisotopic (exact) mass is 1420 g/mol. The van der Waals surface area contributed by atoms with Gasteiger partial charge in [0, 0.05) is 97.0 Å². The summed E-state index contributed by atoms with van der Waals surface area (Å²) in [6.07, 6.45) is 13.7. The van der Waals surface area contributed by atoms with Crippen molar-refractivity contribution in [3.05, 3.63) is 107 Å². The summed E-state index contributed by atoms with van der Waals surface area (Å²) in [5.74, 6) is -1.90. The number of thiazole rings is 1. The highest BCUT2D eigenvalue weighted by molar-refractivity contribution is 7.22. The lowest BCUT2D eigenvalue weighted by molar-refractivity contribution is -0.963. The zero-order valence-electron chi connectivity index (χ0n) is 60.1. The third-order valence-corrected chi connectivity index (χ3v) is 23.2. The minimum absolute atomic E-state index is 0.00214. The van der Waals surface area contributed by atoms with E-state index in [9.17, 15) is 38.7 Å². The van der Waals surface area contributed by atoms with E-state index in [1.165, 1.54) is 18.6 Å². The largest absolute Gasteiger partial charge is 0.476 e. The van der Waals surface area contributed by atoms with Crippen LogP contribution in [-0.4, -0.2) is 187 Å². The number of nitrogens with two attached hydrogens (primary N) is 1. The van der Waals surface area contributed by atoms with Crippen LogP contribution in [0, 0.1) is 36.0 Å². The zero-order valence-corrected chi connectivity index (χ0v) is 60.9. The lowest BCUT2D eigenvalue weighted by Gasteiger charge is -2.59. The summed E-state index contributed by atoms with van der Waals surface area (Å²) in [7, 11) is 0. The fourth-order valence-corrected chi connectivity index (χ4v) is 18.7. The lowest BCUT2D eigenvalue weighted by atomic mass is 9.48. The molecule has 102 heavy (non-hydrogen) atoms. The van der Waals surface area contributed by atoms with Gasteiger partial charge in [0.2, 0.25) is 17.7 Å². The van der Waals surface area contributed by atoms with Gasteiger partial charge >= 0.3 is 12.0 Å². The van der Waals surface area contributed by atoms with Crippen molar-refractivity contribution < 1.29 is 52.6 Å². The topological polar surface area (TPSA) is 323 Å². The highest BCUT2D eigenvalue weighted by Crippen LogP contribution is 2.69. The number of hydrogen-bond donors (Lipinski definition) is 7. The molecule has 6 atom stereocenters. The van der Waals surface area contributed by atoms with Gasteiger partial charge in [-0.25, -0.2) is 19.6 Å².